The number of rotatable bonds is 2. The lowest BCUT2D eigenvalue weighted by Gasteiger charge is -2.06. The van der Waals surface area contributed by atoms with Gasteiger partial charge in [0.15, 0.2) is 0 Å². The molecule has 0 aliphatic carbocycles. The Labute approximate surface area is 106 Å². The van der Waals surface area contributed by atoms with Crippen LogP contribution >= 0.6 is 23.2 Å². The summed E-state index contributed by atoms with van der Waals surface area (Å²) in [6.07, 6.45) is 1.99. The Morgan fingerprint density at radius 1 is 0.938 bits per heavy atom. The van der Waals surface area contributed by atoms with Crippen LogP contribution in [0.3, 0.4) is 0 Å². The molecule has 0 atom stereocenters. The molecular weight excluding hydrogens is 239 g/mol. The van der Waals surface area contributed by atoms with Crippen LogP contribution in [0.2, 0.25) is 10.0 Å². The van der Waals surface area contributed by atoms with Crippen LogP contribution in [0, 0.1) is 6.42 Å². The second-order valence-electron chi connectivity index (χ2n) is 3.54. The summed E-state index contributed by atoms with van der Waals surface area (Å²) in [7, 11) is 0. The Kier molecular flexibility index (Phi) is 3.52. The van der Waals surface area contributed by atoms with Crippen LogP contribution in [0.25, 0.3) is 11.1 Å². The van der Waals surface area contributed by atoms with E-state index in [1.807, 2.05) is 55.8 Å². The molecule has 0 amide bonds. The second kappa shape index (κ2) is 4.90. The predicted molar refractivity (Wildman–Crippen MR) is 71.0 cm³/mol. The van der Waals surface area contributed by atoms with E-state index in [1.165, 1.54) is 0 Å². The van der Waals surface area contributed by atoms with Gasteiger partial charge in [-0.15, -0.1) is 0 Å². The summed E-state index contributed by atoms with van der Waals surface area (Å²) in [6, 6.07) is 13.8. The molecule has 0 aromatic heterocycles. The average Bonchev–Trinajstić information content (AvgIpc) is 2.29. The first kappa shape index (κ1) is 11.5. The maximum absolute atomic E-state index is 6.15. The van der Waals surface area contributed by atoms with Crippen LogP contribution in [0.4, 0.5) is 0 Å². The first-order valence-corrected chi connectivity index (χ1v) is 5.81. The minimum Gasteiger partial charge on any atom is -0.0843 e. The molecule has 0 nitrogen and oxygen atoms in total. The maximum Gasteiger partial charge on any atom is 0.0447 e. The highest BCUT2D eigenvalue weighted by molar-refractivity contribution is 6.32. The topological polar surface area (TPSA) is 0 Å². The minimum absolute atomic E-state index is 0.736. The van der Waals surface area contributed by atoms with Gasteiger partial charge in [0.2, 0.25) is 0 Å². The van der Waals surface area contributed by atoms with Gasteiger partial charge in [0, 0.05) is 10.0 Å². The van der Waals surface area contributed by atoms with Crippen molar-refractivity contribution in [2.45, 2.75) is 6.92 Å². The van der Waals surface area contributed by atoms with E-state index in [-0.39, 0.29) is 0 Å². The Morgan fingerprint density at radius 3 is 2.31 bits per heavy atom. The lowest BCUT2D eigenvalue weighted by Crippen LogP contribution is -1.82. The molecule has 0 aliphatic heterocycles. The van der Waals surface area contributed by atoms with Crippen LogP contribution in [-0.4, -0.2) is 0 Å². The van der Waals surface area contributed by atoms with Gasteiger partial charge >= 0.3 is 0 Å². The van der Waals surface area contributed by atoms with Crippen molar-refractivity contribution >= 4 is 23.2 Å². The lowest BCUT2D eigenvalue weighted by atomic mass is 10.0. The van der Waals surface area contributed by atoms with Crippen molar-refractivity contribution in [3.8, 4) is 11.1 Å². The zero-order valence-electron chi connectivity index (χ0n) is 8.87. The highest BCUT2D eigenvalue weighted by Crippen LogP contribution is 2.27. The van der Waals surface area contributed by atoms with Gasteiger partial charge in [0.05, 0.1) is 0 Å². The third-order valence-corrected chi connectivity index (χ3v) is 3.03. The Morgan fingerprint density at radius 2 is 1.69 bits per heavy atom. The van der Waals surface area contributed by atoms with E-state index in [2.05, 4.69) is 0 Å². The van der Waals surface area contributed by atoms with Crippen molar-refractivity contribution in [3.05, 3.63) is 64.5 Å². The quantitative estimate of drug-likeness (QED) is 0.684. The largest absolute Gasteiger partial charge is 0.0843 e. The first-order valence-electron chi connectivity index (χ1n) is 5.05. The van der Waals surface area contributed by atoms with Crippen molar-refractivity contribution in [2.24, 2.45) is 0 Å². The van der Waals surface area contributed by atoms with Gasteiger partial charge in [0.25, 0.3) is 0 Å². The van der Waals surface area contributed by atoms with Gasteiger partial charge in [-0.3, -0.25) is 0 Å². The van der Waals surface area contributed by atoms with Crippen molar-refractivity contribution in [3.63, 3.8) is 0 Å². The van der Waals surface area contributed by atoms with Crippen LogP contribution in [-0.2, 0) is 0 Å². The van der Waals surface area contributed by atoms with Crippen LogP contribution in [0.5, 0.6) is 0 Å². The Hall–Kier alpha value is -0.980. The van der Waals surface area contributed by atoms with Crippen molar-refractivity contribution in [1.82, 2.24) is 0 Å². The van der Waals surface area contributed by atoms with Gasteiger partial charge in [-0.25, -0.2) is 0 Å². The molecule has 0 saturated carbocycles. The zero-order chi connectivity index (χ0) is 11.5. The Bertz CT molecular complexity index is 504. The smallest absolute Gasteiger partial charge is 0.0447 e. The van der Waals surface area contributed by atoms with Crippen LogP contribution in [0.15, 0.2) is 42.5 Å². The normalized spacial score (nSPS) is 10.4. The fourth-order valence-corrected chi connectivity index (χ4v) is 2.09. The summed E-state index contributed by atoms with van der Waals surface area (Å²) in [6.45, 7) is 1.97. The molecule has 0 aliphatic rings. The maximum atomic E-state index is 6.15. The van der Waals surface area contributed by atoms with Gasteiger partial charge in [-0.1, -0.05) is 54.4 Å². The first-order chi connectivity index (χ1) is 7.70. The number of benzene rings is 2. The van der Waals surface area contributed by atoms with Crippen molar-refractivity contribution < 1.29 is 0 Å². The fourth-order valence-electron chi connectivity index (χ4n) is 1.61. The van der Waals surface area contributed by atoms with E-state index in [0.29, 0.717) is 0 Å². The van der Waals surface area contributed by atoms with E-state index >= 15 is 0 Å². The average molecular weight is 250 g/mol. The molecule has 0 heterocycles. The van der Waals surface area contributed by atoms with Crippen LogP contribution in [0.1, 0.15) is 12.5 Å². The molecule has 2 rings (SSSR count). The van der Waals surface area contributed by atoms with E-state index < -0.39 is 0 Å². The molecule has 1 radical (unpaired) electrons. The summed E-state index contributed by atoms with van der Waals surface area (Å²) >= 11 is 12.1. The van der Waals surface area contributed by atoms with Gasteiger partial charge in [0.1, 0.15) is 0 Å². The SMILES string of the molecule is C[CH]c1ccc(-c2cccc(Cl)c2)cc1Cl. The summed E-state index contributed by atoms with van der Waals surface area (Å²) in [5.41, 5.74) is 3.21. The molecule has 0 saturated heterocycles. The highest BCUT2D eigenvalue weighted by atomic mass is 35.5. The molecule has 0 N–H and O–H groups in total. The monoisotopic (exact) mass is 249 g/mol. The summed E-state index contributed by atoms with van der Waals surface area (Å²) in [5, 5.41) is 1.50. The Balaban J connectivity index is 2.45. The van der Waals surface area contributed by atoms with Crippen molar-refractivity contribution in [1.29, 1.82) is 0 Å². The van der Waals surface area contributed by atoms with E-state index in [1.54, 1.807) is 0 Å². The molecule has 0 unspecified atom stereocenters. The fraction of sp³-hybridized carbons (Fsp3) is 0.0714. The van der Waals surface area contributed by atoms with Crippen LogP contribution < -0.4 is 0 Å². The standard InChI is InChI=1S/C14H11Cl2/c1-2-10-6-7-12(9-14(10)16)11-4-3-5-13(15)8-11/h2-9H,1H3. The molecule has 2 heteroatoms. The molecule has 2 aromatic rings. The number of halogens is 2. The number of hydrogen-bond donors (Lipinski definition) is 0. The summed E-state index contributed by atoms with van der Waals surface area (Å²) in [4.78, 5) is 0. The molecule has 2 aromatic carbocycles. The third-order valence-electron chi connectivity index (χ3n) is 2.47. The summed E-state index contributed by atoms with van der Waals surface area (Å²) in [5.74, 6) is 0. The molecule has 16 heavy (non-hydrogen) atoms. The second-order valence-corrected chi connectivity index (χ2v) is 4.38. The molecule has 0 bridgehead atoms. The van der Waals surface area contributed by atoms with E-state index in [0.717, 1.165) is 26.7 Å². The van der Waals surface area contributed by atoms with E-state index in [4.69, 9.17) is 23.2 Å². The minimum atomic E-state index is 0.736. The predicted octanol–water partition coefficient (Wildman–Crippen LogP) is 5.23. The molecular formula is C14H11Cl2. The van der Waals surface area contributed by atoms with Crippen molar-refractivity contribution in [2.75, 3.05) is 0 Å². The molecule has 0 spiro atoms. The van der Waals surface area contributed by atoms with Gasteiger partial charge in [-0.05, 0) is 41.3 Å². The van der Waals surface area contributed by atoms with Gasteiger partial charge < -0.3 is 0 Å². The van der Waals surface area contributed by atoms with Gasteiger partial charge in [-0.2, -0.15) is 0 Å². The number of hydrogen-bond acceptors (Lipinski definition) is 0. The molecule has 81 valence electrons. The zero-order valence-corrected chi connectivity index (χ0v) is 10.4. The van der Waals surface area contributed by atoms with E-state index in [9.17, 15) is 0 Å². The molecule has 0 fully saturated rings. The third kappa shape index (κ3) is 2.40. The lowest BCUT2D eigenvalue weighted by molar-refractivity contribution is 1.42. The summed E-state index contributed by atoms with van der Waals surface area (Å²) < 4.78 is 0. The highest BCUT2D eigenvalue weighted by Gasteiger charge is 2.02.